The zero-order valence-corrected chi connectivity index (χ0v) is 14.9. The van der Waals surface area contributed by atoms with E-state index in [1.54, 1.807) is 13.2 Å². The van der Waals surface area contributed by atoms with Gasteiger partial charge in [0, 0.05) is 6.07 Å². The second-order valence-electron chi connectivity index (χ2n) is 6.85. The molecule has 0 fully saturated rings. The van der Waals surface area contributed by atoms with Crippen molar-refractivity contribution in [3.05, 3.63) is 59.7 Å². The third-order valence-corrected chi connectivity index (χ3v) is 4.20. The van der Waals surface area contributed by atoms with Gasteiger partial charge in [-0.3, -0.25) is 9.28 Å². The van der Waals surface area contributed by atoms with E-state index >= 15 is 0 Å². The van der Waals surface area contributed by atoms with Gasteiger partial charge in [-0.1, -0.05) is 18.2 Å². The molecule has 1 aliphatic carbocycles. The molecule has 128 valence electrons. The fourth-order valence-electron chi connectivity index (χ4n) is 2.74. The summed E-state index contributed by atoms with van der Waals surface area (Å²) in [4.78, 5) is 12.4. The summed E-state index contributed by atoms with van der Waals surface area (Å²) in [7, 11) is 7.86. The lowest BCUT2D eigenvalue weighted by Crippen LogP contribution is -2.35. The topological polar surface area (TPSA) is 51.0 Å². The van der Waals surface area contributed by atoms with Crippen LogP contribution in [0.15, 0.2) is 58.8 Å². The van der Waals surface area contributed by atoms with E-state index in [0.29, 0.717) is 15.9 Å². The molecule has 0 saturated carbocycles. The van der Waals surface area contributed by atoms with Crippen molar-refractivity contribution < 1.29 is 9.53 Å². The molecule has 0 aromatic heterocycles. The van der Waals surface area contributed by atoms with Crippen molar-refractivity contribution in [1.29, 1.82) is 0 Å². The Balaban J connectivity index is 2.01. The lowest BCUT2D eigenvalue weighted by Gasteiger charge is -2.25. The lowest BCUT2D eigenvalue weighted by molar-refractivity contribution is -0.116. The van der Waals surface area contributed by atoms with Gasteiger partial charge in [0.1, 0.15) is 17.1 Å². The number of benzene rings is 2. The van der Waals surface area contributed by atoms with Crippen LogP contribution in [0, 0.1) is 0 Å². The van der Waals surface area contributed by atoms with Gasteiger partial charge >= 0.3 is 0 Å². The Morgan fingerprint density at radius 1 is 1.04 bits per heavy atom. The van der Waals surface area contributed by atoms with Crippen LogP contribution in [0.3, 0.4) is 0 Å². The van der Waals surface area contributed by atoms with Crippen molar-refractivity contribution in [3.63, 3.8) is 0 Å². The van der Waals surface area contributed by atoms with Gasteiger partial charge in [-0.05, 0) is 41.5 Å². The number of ether oxygens (including phenoxy) is 1. The van der Waals surface area contributed by atoms with Crippen LogP contribution in [-0.2, 0) is 4.79 Å². The number of azo groups is 1. The first kappa shape index (κ1) is 17.0. The highest BCUT2D eigenvalue weighted by atomic mass is 16.5. The summed E-state index contributed by atoms with van der Waals surface area (Å²) in [6.45, 7) is 0. The van der Waals surface area contributed by atoms with Crippen LogP contribution in [0.5, 0.6) is 5.75 Å². The highest BCUT2D eigenvalue weighted by molar-refractivity contribution is 6.01. The Labute approximate surface area is 147 Å². The Hall–Kier alpha value is -2.79. The van der Waals surface area contributed by atoms with Gasteiger partial charge < -0.3 is 4.74 Å². The summed E-state index contributed by atoms with van der Waals surface area (Å²) in [5, 5.41) is 8.63. The molecule has 0 saturated heterocycles. The largest absolute Gasteiger partial charge is 0.494 e. The van der Waals surface area contributed by atoms with Gasteiger partial charge in [0.2, 0.25) is 0 Å². The standard InChI is InChI=1S/C20H22N3O2/c1-23(2,3)15-11-9-14-10-12-18(24)20(16(14)13-15)22-21-17-7-5-6-8-19(17)25-4/h5-13,20H,1-4H3/q+1. The summed E-state index contributed by atoms with van der Waals surface area (Å²) in [6, 6.07) is 12.9. The number of carbonyl (C=O) groups excluding carboxylic acids is 1. The molecule has 0 heterocycles. The van der Waals surface area contributed by atoms with Crippen LogP contribution in [0.4, 0.5) is 11.4 Å². The SMILES string of the molecule is COc1ccccc1N=NC1C(=O)C=Cc2ccc([N+](C)(C)C)cc21. The van der Waals surface area contributed by atoms with Crippen molar-refractivity contribution in [3.8, 4) is 5.75 Å². The molecule has 0 spiro atoms. The minimum atomic E-state index is -0.628. The van der Waals surface area contributed by atoms with Crippen LogP contribution < -0.4 is 9.22 Å². The summed E-state index contributed by atoms with van der Waals surface area (Å²) < 4.78 is 5.96. The first-order valence-electron chi connectivity index (χ1n) is 8.12. The molecule has 0 N–H and O–H groups in total. The monoisotopic (exact) mass is 336 g/mol. The van der Waals surface area contributed by atoms with Gasteiger partial charge in [-0.25, -0.2) is 0 Å². The number of hydrogen-bond donors (Lipinski definition) is 0. The maximum atomic E-state index is 12.4. The molecule has 1 unspecified atom stereocenters. The summed E-state index contributed by atoms with van der Waals surface area (Å²) in [5.74, 6) is 0.565. The number of quaternary nitrogens is 1. The summed E-state index contributed by atoms with van der Waals surface area (Å²) in [5.41, 5.74) is 3.61. The molecule has 0 bridgehead atoms. The van der Waals surface area contributed by atoms with Gasteiger partial charge in [-0.2, -0.15) is 10.2 Å². The molecule has 2 aromatic rings. The fourth-order valence-corrected chi connectivity index (χ4v) is 2.74. The Morgan fingerprint density at radius 2 is 1.80 bits per heavy atom. The number of hydrogen-bond acceptors (Lipinski definition) is 4. The normalized spacial score (nSPS) is 17.0. The molecule has 0 amide bonds. The number of rotatable bonds is 4. The first-order valence-corrected chi connectivity index (χ1v) is 8.12. The van der Waals surface area contributed by atoms with E-state index in [4.69, 9.17) is 4.74 Å². The molecule has 3 rings (SSSR count). The van der Waals surface area contributed by atoms with E-state index in [-0.39, 0.29) is 5.78 Å². The molecule has 0 aliphatic heterocycles. The second-order valence-corrected chi connectivity index (χ2v) is 6.85. The molecule has 0 radical (unpaired) electrons. The number of nitrogens with zero attached hydrogens (tertiary/aromatic N) is 3. The molecular formula is C20H22N3O2+. The molecule has 1 atom stereocenters. The fraction of sp³-hybridized carbons (Fsp3) is 0.250. The van der Waals surface area contributed by atoms with Crippen molar-refractivity contribution in [2.75, 3.05) is 28.3 Å². The van der Waals surface area contributed by atoms with Crippen LogP contribution in [0.2, 0.25) is 0 Å². The van der Waals surface area contributed by atoms with E-state index in [1.807, 2.05) is 42.5 Å². The molecule has 5 nitrogen and oxygen atoms in total. The number of carbonyl (C=O) groups is 1. The van der Waals surface area contributed by atoms with Crippen molar-refractivity contribution in [2.45, 2.75) is 6.04 Å². The molecule has 5 heteroatoms. The number of ketones is 1. The minimum absolute atomic E-state index is 0.0651. The first-order chi connectivity index (χ1) is 11.9. The molecule has 1 aliphatic rings. The van der Waals surface area contributed by atoms with Crippen LogP contribution in [0.25, 0.3) is 6.08 Å². The third-order valence-electron chi connectivity index (χ3n) is 4.20. The third kappa shape index (κ3) is 3.51. The summed E-state index contributed by atoms with van der Waals surface area (Å²) in [6.07, 6.45) is 3.41. The van der Waals surface area contributed by atoms with Gasteiger partial charge in [0.25, 0.3) is 0 Å². The van der Waals surface area contributed by atoms with E-state index in [2.05, 4.69) is 37.4 Å². The van der Waals surface area contributed by atoms with E-state index in [9.17, 15) is 4.79 Å². The highest BCUT2D eigenvalue weighted by Gasteiger charge is 2.26. The Kier molecular flexibility index (Phi) is 4.51. The quantitative estimate of drug-likeness (QED) is 0.617. The lowest BCUT2D eigenvalue weighted by atomic mass is 9.91. The Bertz CT molecular complexity index is 863. The zero-order valence-electron chi connectivity index (χ0n) is 14.9. The van der Waals surface area contributed by atoms with Crippen molar-refractivity contribution >= 4 is 23.2 Å². The molecule has 2 aromatic carbocycles. The predicted molar refractivity (Wildman–Crippen MR) is 100 cm³/mol. The van der Waals surface area contributed by atoms with E-state index in [1.165, 1.54) is 0 Å². The second kappa shape index (κ2) is 6.61. The number of fused-ring (bicyclic) bond motifs is 1. The minimum Gasteiger partial charge on any atom is -0.494 e. The smallest absolute Gasteiger partial charge is 0.186 e. The Morgan fingerprint density at radius 3 is 2.52 bits per heavy atom. The average Bonchev–Trinajstić information content (AvgIpc) is 2.60. The molecular weight excluding hydrogens is 314 g/mol. The summed E-state index contributed by atoms with van der Waals surface area (Å²) >= 11 is 0. The maximum Gasteiger partial charge on any atom is 0.186 e. The average molecular weight is 336 g/mol. The van der Waals surface area contributed by atoms with Crippen LogP contribution in [-0.4, -0.2) is 34.0 Å². The van der Waals surface area contributed by atoms with E-state index < -0.39 is 6.04 Å². The molecule has 25 heavy (non-hydrogen) atoms. The van der Waals surface area contributed by atoms with E-state index in [0.717, 1.165) is 16.8 Å². The zero-order chi connectivity index (χ0) is 18.0. The van der Waals surface area contributed by atoms with Crippen LogP contribution >= 0.6 is 0 Å². The van der Waals surface area contributed by atoms with Gasteiger partial charge in [0.05, 0.1) is 28.3 Å². The van der Waals surface area contributed by atoms with Gasteiger partial charge in [-0.15, -0.1) is 0 Å². The van der Waals surface area contributed by atoms with Crippen LogP contribution in [0.1, 0.15) is 17.2 Å². The number of methoxy groups -OCH3 is 1. The predicted octanol–water partition coefficient (Wildman–Crippen LogP) is 4.31. The number of para-hydroxylation sites is 1. The van der Waals surface area contributed by atoms with Crippen molar-refractivity contribution in [2.24, 2.45) is 10.2 Å². The maximum absolute atomic E-state index is 12.4. The highest BCUT2D eigenvalue weighted by Crippen LogP contribution is 2.35. The van der Waals surface area contributed by atoms with Crippen molar-refractivity contribution in [1.82, 2.24) is 4.48 Å². The van der Waals surface area contributed by atoms with Gasteiger partial charge in [0.15, 0.2) is 11.8 Å².